The van der Waals surface area contributed by atoms with Crippen LogP contribution < -0.4 is 5.32 Å². The average molecular weight is 302 g/mol. The predicted molar refractivity (Wildman–Crippen MR) is 81.0 cm³/mol. The Kier molecular flexibility index (Phi) is 4.03. The largest absolute Gasteiger partial charge is 0.481 e. The van der Waals surface area contributed by atoms with Gasteiger partial charge >= 0.3 is 5.97 Å². The van der Waals surface area contributed by atoms with Crippen LogP contribution in [0.1, 0.15) is 41.2 Å². The van der Waals surface area contributed by atoms with Gasteiger partial charge in [-0.25, -0.2) is 0 Å². The lowest BCUT2D eigenvalue weighted by molar-refractivity contribution is -0.142. The van der Waals surface area contributed by atoms with Gasteiger partial charge in [-0.05, 0) is 45.4 Å². The molecule has 0 saturated carbocycles. The van der Waals surface area contributed by atoms with Crippen LogP contribution in [-0.4, -0.2) is 22.1 Å². The molecular weight excluding hydrogens is 284 g/mol. The van der Waals surface area contributed by atoms with Crippen LogP contribution in [-0.2, 0) is 10.2 Å². The SMILES string of the molecule is Cc1noc(C)c1C(=O)Nc1ccc(C(C)(C)C(=O)O)cc1. The summed E-state index contributed by atoms with van der Waals surface area (Å²) in [5, 5.41) is 15.7. The Hall–Kier alpha value is -2.63. The molecule has 0 bridgehead atoms. The van der Waals surface area contributed by atoms with E-state index in [1.165, 1.54) is 0 Å². The molecule has 0 spiro atoms. The van der Waals surface area contributed by atoms with Crippen molar-refractivity contribution >= 4 is 17.6 Å². The van der Waals surface area contributed by atoms with E-state index in [0.717, 1.165) is 0 Å². The molecule has 2 rings (SSSR count). The first-order chi connectivity index (χ1) is 10.2. The highest BCUT2D eigenvalue weighted by atomic mass is 16.5. The van der Waals surface area contributed by atoms with E-state index in [-0.39, 0.29) is 5.91 Å². The summed E-state index contributed by atoms with van der Waals surface area (Å²) < 4.78 is 4.97. The molecule has 0 aliphatic heterocycles. The zero-order valence-electron chi connectivity index (χ0n) is 12.9. The number of nitrogens with one attached hydrogen (secondary N) is 1. The highest BCUT2D eigenvalue weighted by Gasteiger charge is 2.29. The monoisotopic (exact) mass is 302 g/mol. The van der Waals surface area contributed by atoms with Crippen molar-refractivity contribution in [1.29, 1.82) is 0 Å². The molecule has 0 atom stereocenters. The van der Waals surface area contributed by atoms with Crippen LogP contribution >= 0.6 is 0 Å². The summed E-state index contributed by atoms with van der Waals surface area (Å²) in [6, 6.07) is 6.74. The number of carbonyl (C=O) groups excluding carboxylic acids is 1. The lowest BCUT2D eigenvalue weighted by Crippen LogP contribution is -2.28. The van der Waals surface area contributed by atoms with Gasteiger partial charge in [-0.2, -0.15) is 0 Å². The van der Waals surface area contributed by atoms with Crippen LogP contribution in [0.25, 0.3) is 0 Å². The third-order valence-electron chi connectivity index (χ3n) is 3.66. The number of benzene rings is 1. The standard InChI is InChI=1S/C16H18N2O4/c1-9-13(10(2)22-18-9)14(19)17-12-7-5-11(6-8-12)16(3,4)15(20)21/h5-8H,1-4H3,(H,17,19)(H,20,21). The summed E-state index contributed by atoms with van der Waals surface area (Å²) in [7, 11) is 0. The second-order valence-electron chi connectivity index (χ2n) is 5.66. The molecule has 6 heteroatoms. The third-order valence-corrected chi connectivity index (χ3v) is 3.66. The number of hydrogen-bond donors (Lipinski definition) is 2. The van der Waals surface area contributed by atoms with Gasteiger partial charge in [0.25, 0.3) is 5.91 Å². The maximum Gasteiger partial charge on any atom is 0.313 e. The number of rotatable bonds is 4. The summed E-state index contributed by atoms with van der Waals surface area (Å²) >= 11 is 0. The fraction of sp³-hybridized carbons (Fsp3) is 0.312. The van der Waals surface area contributed by atoms with Crippen LogP contribution in [0.3, 0.4) is 0 Å². The summed E-state index contributed by atoms with van der Waals surface area (Å²) in [6.45, 7) is 6.64. The Labute approximate surface area is 128 Å². The maximum absolute atomic E-state index is 12.2. The molecule has 0 aliphatic rings. The normalized spacial score (nSPS) is 11.3. The van der Waals surface area contributed by atoms with Crippen LogP contribution in [0.4, 0.5) is 5.69 Å². The van der Waals surface area contributed by atoms with Gasteiger partial charge in [-0.15, -0.1) is 0 Å². The van der Waals surface area contributed by atoms with Gasteiger partial charge in [0.2, 0.25) is 0 Å². The molecule has 1 aromatic heterocycles. The lowest BCUT2D eigenvalue weighted by atomic mass is 9.85. The van der Waals surface area contributed by atoms with Crippen LogP contribution in [0.2, 0.25) is 0 Å². The van der Waals surface area contributed by atoms with E-state index < -0.39 is 11.4 Å². The highest BCUT2D eigenvalue weighted by molar-refractivity contribution is 6.05. The van der Waals surface area contributed by atoms with Crippen molar-refractivity contribution in [3.8, 4) is 0 Å². The zero-order chi connectivity index (χ0) is 16.5. The van der Waals surface area contributed by atoms with Crippen molar-refractivity contribution < 1.29 is 19.2 Å². The van der Waals surface area contributed by atoms with Crippen LogP contribution in [0.5, 0.6) is 0 Å². The minimum absolute atomic E-state index is 0.304. The number of carboxylic acids is 1. The van der Waals surface area contributed by atoms with E-state index in [2.05, 4.69) is 10.5 Å². The number of amides is 1. The zero-order valence-corrected chi connectivity index (χ0v) is 12.9. The third kappa shape index (κ3) is 2.86. The van der Waals surface area contributed by atoms with Gasteiger partial charge in [0.05, 0.1) is 11.1 Å². The van der Waals surface area contributed by atoms with Crippen LogP contribution in [0.15, 0.2) is 28.8 Å². The summed E-state index contributed by atoms with van der Waals surface area (Å²) in [5.74, 6) is -0.750. The van der Waals surface area contributed by atoms with E-state index in [1.54, 1.807) is 52.0 Å². The van der Waals surface area contributed by atoms with E-state index in [9.17, 15) is 14.7 Å². The molecule has 2 aromatic rings. The quantitative estimate of drug-likeness (QED) is 0.906. The number of aryl methyl sites for hydroxylation is 2. The van der Waals surface area contributed by atoms with Gasteiger partial charge in [0.15, 0.2) is 0 Å². The Morgan fingerprint density at radius 2 is 1.77 bits per heavy atom. The Morgan fingerprint density at radius 1 is 1.18 bits per heavy atom. The van der Waals surface area contributed by atoms with E-state index in [0.29, 0.717) is 28.3 Å². The second kappa shape index (κ2) is 5.63. The minimum atomic E-state index is -0.982. The molecule has 0 fully saturated rings. The maximum atomic E-state index is 12.2. The Bertz CT molecular complexity index is 695. The highest BCUT2D eigenvalue weighted by Crippen LogP contribution is 2.25. The first-order valence-corrected chi connectivity index (χ1v) is 6.81. The first kappa shape index (κ1) is 15.8. The first-order valence-electron chi connectivity index (χ1n) is 6.81. The molecule has 0 saturated heterocycles. The number of hydrogen-bond acceptors (Lipinski definition) is 4. The van der Waals surface area contributed by atoms with Crippen LogP contribution in [0, 0.1) is 13.8 Å². The van der Waals surface area contributed by atoms with Gasteiger partial charge in [0.1, 0.15) is 11.3 Å². The lowest BCUT2D eigenvalue weighted by Gasteiger charge is -2.19. The number of carbonyl (C=O) groups is 2. The van der Waals surface area contributed by atoms with E-state index in [1.807, 2.05) is 0 Å². The molecule has 6 nitrogen and oxygen atoms in total. The van der Waals surface area contributed by atoms with Crippen molar-refractivity contribution in [2.75, 3.05) is 5.32 Å². The molecule has 0 radical (unpaired) electrons. The molecule has 0 unspecified atom stereocenters. The molecule has 22 heavy (non-hydrogen) atoms. The minimum Gasteiger partial charge on any atom is -0.481 e. The van der Waals surface area contributed by atoms with Crippen molar-refractivity contribution in [3.05, 3.63) is 46.8 Å². The fourth-order valence-corrected chi connectivity index (χ4v) is 2.09. The Morgan fingerprint density at radius 3 is 2.23 bits per heavy atom. The second-order valence-corrected chi connectivity index (χ2v) is 5.66. The van der Waals surface area contributed by atoms with Gasteiger partial charge in [-0.1, -0.05) is 17.3 Å². The van der Waals surface area contributed by atoms with Gasteiger partial charge < -0.3 is 14.9 Å². The topological polar surface area (TPSA) is 92.4 Å². The Balaban J connectivity index is 2.19. The summed E-state index contributed by atoms with van der Waals surface area (Å²) in [6.07, 6.45) is 0. The number of nitrogens with zero attached hydrogens (tertiary/aromatic N) is 1. The number of aliphatic carboxylic acids is 1. The molecule has 1 heterocycles. The number of aromatic nitrogens is 1. The van der Waals surface area contributed by atoms with Crippen molar-refractivity contribution in [3.63, 3.8) is 0 Å². The van der Waals surface area contributed by atoms with Gasteiger partial charge in [0, 0.05) is 5.69 Å². The molecule has 116 valence electrons. The van der Waals surface area contributed by atoms with Gasteiger partial charge in [-0.3, -0.25) is 9.59 Å². The molecule has 2 N–H and O–H groups in total. The predicted octanol–water partition coefficient (Wildman–Crippen LogP) is 2.91. The molecule has 1 amide bonds. The van der Waals surface area contributed by atoms with E-state index in [4.69, 9.17) is 4.52 Å². The molecular formula is C16H18N2O4. The smallest absolute Gasteiger partial charge is 0.313 e. The molecule has 1 aromatic carbocycles. The number of carboxylic acid groups (broad SMARTS) is 1. The van der Waals surface area contributed by atoms with E-state index >= 15 is 0 Å². The number of anilines is 1. The van der Waals surface area contributed by atoms with Crippen molar-refractivity contribution in [2.24, 2.45) is 0 Å². The van der Waals surface area contributed by atoms with Crippen molar-refractivity contribution in [2.45, 2.75) is 33.1 Å². The van der Waals surface area contributed by atoms with Crippen molar-refractivity contribution in [1.82, 2.24) is 5.16 Å². The summed E-state index contributed by atoms with van der Waals surface area (Å²) in [5.41, 5.74) is 1.20. The fourth-order valence-electron chi connectivity index (χ4n) is 2.09. The average Bonchev–Trinajstić information content (AvgIpc) is 2.78. The molecule has 0 aliphatic carbocycles. The summed E-state index contributed by atoms with van der Waals surface area (Å²) in [4.78, 5) is 23.4.